The maximum atomic E-state index is 8.67. The van der Waals surface area contributed by atoms with Crippen LogP contribution in [0.15, 0.2) is 40.9 Å². The van der Waals surface area contributed by atoms with E-state index in [1.165, 1.54) is 0 Å². The fraction of sp³-hybridized carbons (Fsp3) is 0.368. The summed E-state index contributed by atoms with van der Waals surface area (Å²) < 4.78 is 17.5. The maximum Gasteiger partial charge on any atom is 0.162 e. The van der Waals surface area contributed by atoms with Gasteiger partial charge in [-0.25, -0.2) is 0 Å². The van der Waals surface area contributed by atoms with Gasteiger partial charge in [-0.15, -0.1) is 0 Å². The first-order chi connectivity index (χ1) is 12.6. The molecule has 0 amide bonds. The number of nitrogens with one attached hydrogen (secondary N) is 1. The normalized spacial score (nSPS) is 10.8. The molecule has 0 fully saturated rings. The Morgan fingerprint density at radius 2 is 2.00 bits per heavy atom. The Morgan fingerprint density at radius 3 is 2.73 bits per heavy atom. The molecular weight excluding hydrogens is 422 g/mol. The summed E-state index contributed by atoms with van der Waals surface area (Å²) >= 11 is 9.59. The molecular formula is C19H23BrClNO4. The number of aliphatic hydroxyl groups excluding tert-OH is 1. The van der Waals surface area contributed by atoms with Crippen molar-refractivity contribution in [2.75, 3.05) is 33.5 Å². The highest BCUT2D eigenvalue weighted by atomic mass is 79.9. The zero-order valence-electron chi connectivity index (χ0n) is 14.6. The fourth-order valence-corrected chi connectivity index (χ4v) is 2.98. The van der Waals surface area contributed by atoms with E-state index in [-0.39, 0.29) is 6.61 Å². The molecule has 0 aromatic heterocycles. The number of rotatable bonds is 11. The number of benzene rings is 2. The zero-order valence-corrected chi connectivity index (χ0v) is 17.0. The van der Waals surface area contributed by atoms with Crippen molar-refractivity contribution >= 4 is 27.5 Å². The van der Waals surface area contributed by atoms with Crippen molar-refractivity contribution in [3.8, 4) is 11.5 Å². The third-order valence-electron chi connectivity index (χ3n) is 3.59. The molecule has 0 saturated heterocycles. The third kappa shape index (κ3) is 6.78. The van der Waals surface area contributed by atoms with Gasteiger partial charge in [0.1, 0.15) is 6.61 Å². The van der Waals surface area contributed by atoms with Crippen molar-refractivity contribution in [1.82, 2.24) is 5.32 Å². The van der Waals surface area contributed by atoms with Crippen LogP contribution in [-0.2, 0) is 17.9 Å². The average molecular weight is 445 g/mol. The molecule has 0 aliphatic carbocycles. The SMILES string of the molecule is COc1cc(CNCCOCCO)c(Br)cc1OCc1cccc(Cl)c1. The van der Waals surface area contributed by atoms with Crippen LogP contribution in [0.25, 0.3) is 0 Å². The summed E-state index contributed by atoms with van der Waals surface area (Å²) in [5, 5.41) is 12.6. The van der Waals surface area contributed by atoms with Crippen LogP contribution in [0.3, 0.4) is 0 Å². The minimum absolute atomic E-state index is 0.0411. The van der Waals surface area contributed by atoms with Crippen LogP contribution in [0, 0.1) is 0 Å². The number of halogens is 2. The van der Waals surface area contributed by atoms with Crippen molar-refractivity contribution in [2.24, 2.45) is 0 Å². The molecule has 0 bridgehead atoms. The van der Waals surface area contributed by atoms with E-state index in [0.29, 0.717) is 49.4 Å². The van der Waals surface area contributed by atoms with E-state index in [1.54, 1.807) is 7.11 Å². The Labute approximate surface area is 167 Å². The van der Waals surface area contributed by atoms with Gasteiger partial charge in [-0.2, -0.15) is 0 Å². The van der Waals surface area contributed by atoms with Gasteiger partial charge in [-0.3, -0.25) is 0 Å². The molecule has 0 radical (unpaired) electrons. The molecule has 26 heavy (non-hydrogen) atoms. The molecule has 2 N–H and O–H groups in total. The van der Waals surface area contributed by atoms with Crippen molar-refractivity contribution in [3.05, 3.63) is 57.0 Å². The van der Waals surface area contributed by atoms with E-state index in [0.717, 1.165) is 15.6 Å². The highest BCUT2D eigenvalue weighted by Crippen LogP contribution is 2.34. The molecule has 2 rings (SSSR count). The standard InChI is InChI=1S/C19H23BrClNO4/c1-24-18-10-15(12-22-5-7-25-8-6-23)17(20)11-19(18)26-13-14-3-2-4-16(21)9-14/h2-4,9-11,22-23H,5-8,12-13H2,1H3. The van der Waals surface area contributed by atoms with Crippen LogP contribution in [0.5, 0.6) is 11.5 Å². The second kappa shape index (κ2) is 11.4. The van der Waals surface area contributed by atoms with Gasteiger partial charge in [0.2, 0.25) is 0 Å². The second-order valence-electron chi connectivity index (χ2n) is 5.53. The van der Waals surface area contributed by atoms with Gasteiger partial charge in [0.15, 0.2) is 11.5 Å². The summed E-state index contributed by atoms with van der Waals surface area (Å²) in [4.78, 5) is 0. The van der Waals surface area contributed by atoms with Crippen molar-refractivity contribution < 1.29 is 19.3 Å². The van der Waals surface area contributed by atoms with Gasteiger partial charge in [-0.05, 0) is 35.4 Å². The van der Waals surface area contributed by atoms with Crippen molar-refractivity contribution in [1.29, 1.82) is 0 Å². The molecule has 0 heterocycles. The topological polar surface area (TPSA) is 60.0 Å². The van der Waals surface area contributed by atoms with E-state index in [2.05, 4.69) is 21.2 Å². The Kier molecular flexibility index (Phi) is 9.22. The number of methoxy groups -OCH3 is 1. The Bertz CT molecular complexity index is 699. The predicted molar refractivity (Wildman–Crippen MR) is 106 cm³/mol. The Morgan fingerprint density at radius 1 is 1.15 bits per heavy atom. The van der Waals surface area contributed by atoms with Crippen LogP contribution < -0.4 is 14.8 Å². The summed E-state index contributed by atoms with van der Waals surface area (Å²) in [6.45, 7) is 2.71. The van der Waals surface area contributed by atoms with Gasteiger partial charge in [0.05, 0.1) is 26.9 Å². The lowest BCUT2D eigenvalue weighted by Gasteiger charge is -2.15. The van der Waals surface area contributed by atoms with Crippen LogP contribution in [0.4, 0.5) is 0 Å². The highest BCUT2D eigenvalue weighted by molar-refractivity contribution is 9.10. The van der Waals surface area contributed by atoms with E-state index < -0.39 is 0 Å². The Hall–Kier alpha value is -1.31. The quantitative estimate of drug-likeness (QED) is 0.516. The van der Waals surface area contributed by atoms with Crippen molar-refractivity contribution in [2.45, 2.75) is 13.2 Å². The summed E-state index contributed by atoms with van der Waals surface area (Å²) in [5.41, 5.74) is 2.04. The average Bonchev–Trinajstić information content (AvgIpc) is 2.64. The summed E-state index contributed by atoms with van der Waals surface area (Å²) in [6.07, 6.45) is 0. The van der Waals surface area contributed by atoms with Crippen LogP contribution in [0.2, 0.25) is 5.02 Å². The number of ether oxygens (including phenoxy) is 3. The molecule has 5 nitrogen and oxygen atoms in total. The van der Waals surface area contributed by atoms with Crippen LogP contribution in [-0.4, -0.2) is 38.6 Å². The van der Waals surface area contributed by atoms with E-state index in [4.69, 9.17) is 30.9 Å². The molecule has 0 aliphatic heterocycles. The fourth-order valence-electron chi connectivity index (χ4n) is 2.31. The minimum Gasteiger partial charge on any atom is -0.493 e. The van der Waals surface area contributed by atoms with Crippen LogP contribution >= 0.6 is 27.5 Å². The first kappa shape index (κ1) is 21.0. The molecule has 0 spiro atoms. The summed E-state index contributed by atoms with van der Waals surface area (Å²) in [6, 6.07) is 11.4. The second-order valence-corrected chi connectivity index (χ2v) is 6.82. The first-order valence-electron chi connectivity index (χ1n) is 8.27. The maximum absolute atomic E-state index is 8.67. The Balaban J connectivity index is 1.95. The summed E-state index contributed by atoms with van der Waals surface area (Å²) in [7, 11) is 1.62. The number of hydrogen-bond acceptors (Lipinski definition) is 5. The lowest BCUT2D eigenvalue weighted by atomic mass is 10.2. The highest BCUT2D eigenvalue weighted by Gasteiger charge is 2.11. The van der Waals surface area contributed by atoms with E-state index >= 15 is 0 Å². The van der Waals surface area contributed by atoms with Crippen LogP contribution in [0.1, 0.15) is 11.1 Å². The molecule has 2 aromatic rings. The lowest BCUT2D eigenvalue weighted by molar-refractivity contribution is 0.0938. The van der Waals surface area contributed by atoms with Gasteiger partial charge in [0.25, 0.3) is 0 Å². The smallest absolute Gasteiger partial charge is 0.162 e. The monoisotopic (exact) mass is 443 g/mol. The largest absolute Gasteiger partial charge is 0.493 e. The lowest BCUT2D eigenvalue weighted by Crippen LogP contribution is -2.20. The molecule has 0 unspecified atom stereocenters. The molecule has 7 heteroatoms. The number of aliphatic hydroxyl groups is 1. The molecule has 0 saturated carbocycles. The molecule has 142 valence electrons. The zero-order chi connectivity index (χ0) is 18.8. The molecule has 2 aromatic carbocycles. The number of hydrogen-bond donors (Lipinski definition) is 2. The third-order valence-corrected chi connectivity index (χ3v) is 4.56. The minimum atomic E-state index is 0.0411. The van der Waals surface area contributed by atoms with Gasteiger partial charge in [0, 0.05) is 22.6 Å². The summed E-state index contributed by atoms with van der Waals surface area (Å²) in [5.74, 6) is 1.33. The predicted octanol–water partition coefficient (Wildman–Crippen LogP) is 3.79. The first-order valence-corrected chi connectivity index (χ1v) is 9.44. The molecule has 0 atom stereocenters. The van der Waals surface area contributed by atoms with E-state index in [1.807, 2.05) is 36.4 Å². The van der Waals surface area contributed by atoms with Gasteiger partial charge < -0.3 is 24.6 Å². The van der Waals surface area contributed by atoms with Crippen molar-refractivity contribution in [3.63, 3.8) is 0 Å². The van der Waals surface area contributed by atoms with Gasteiger partial charge >= 0.3 is 0 Å². The van der Waals surface area contributed by atoms with Gasteiger partial charge in [-0.1, -0.05) is 39.7 Å². The van der Waals surface area contributed by atoms with E-state index in [9.17, 15) is 0 Å². The molecule has 0 aliphatic rings.